The third kappa shape index (κ3) is 4.13. The van der Waals surface area contributed by atoms with Crippen LogP contribution in [0.2, 0.25) is 5.02 Å². The first kappa shape index (κ1) is 15.8. The number of rotatable bonds is 6. The van der Waals surface area contributed by atoms with Crippen LogP contribution in [0.3, 0.4) is 0 Å². The van der Waals surface area contributed by atoms with Crippen molar-refractivity contribution < 1.29 is 9.90 Å². The lowest BCUT2D eigenvalue weighted by molar-refractivity contribution is 0.0732. The van der Waals surface area contributed by atoms with E-state index in [1.165, 1.54) is 6.07 Å². The lowest BCUT2D eigenvalue weighted by Crippen LogP contribution is -2.35. The van der Waals surface area contributed by atoms with E-state index < -0.39 is 0 Å². The fourth-order valence-electron chi connectivity index (χ4n) is 2.07. The van der Waals surface area contributed by atoms with Crippen LogP contribution in [-0.2, 0) is 0 Å². The molecular weight excluding hydrogens is 262 g/mol. The predicted octanol–water partition coefficient (Wildman–Crippen LogP) is 3.94. The van der Waals surface area contributed by atoms with Crippen LogP contribution in [0.4, 0.5) is 0 Å². The minimum atomic E-state index is -0.136. The molecule has 19 heavy (non-hydrogen) atoms. The van der Waals surface area contributed by atoms with Crippen LogP contribution in [0.15, 0.2) is 18.2 Å². The monoisotopic (exact) mass is 283 g/mol. The van der Waals surface area contributed by atoms with Gasteiger partial charge in [-0.05, 0) is 31.0 Å². The Morgan fingerprint density at radius 3 is 2.42 bits per heavy atom. The maximum Gasteiger partial charge on any atom is 0.257 e. The molecule has 0 bridgehead atoms. The van der Waals surface area contributed by atoms with Gasteiger partial charge >= 0.3 is 0 Å². The number of halogens is 1. The lowest BCUT2D eigenvalue weighted by atomic mass is 10.0. The summed E-state index contributed by atoms with van der Waals surface area (Å²) >= 11 is 5.78. The zero-order valence-corrected chi connectivity index (χ0v) is 12.6. The predicted molar refractivity (Wildman–Crippen MR) is 78.8 cm³/mol. The van der Waals surface area contributed by atoms with Gasteiger partial charge in [0.05, 0.1) is 5.56 Å². The molecule has 0 atom stereocenters. The van der Waals surface area contributed by atoms with Crippen molar-refractivity contribution in [1.82, 2.24) is 4.90 Å². The Hall–Kier alpha value is -1.22. The molecule has 0 unspecified atom stereocenters. The molecule has 0 radical (unpaired) electrons. The topological polar surface area (TPSA) is 40.5 Å². The first-order valence-electron chi connectivity index (χ1n) is 6.81. The summed E-state index contributed by atoms with van der Waals surface area (Å²) in [6.07, 6.45) is 2.10. The molecule has 0 spiro atoms. The van der Waals surface area contributed by atoms with Crippen LogP contribution < -0.4 is 0 Å². The fraction of sp³-hybridized carbons (Fsp3) is 0.533. The van der Waals surface area contributed by atoms with Gasteiger partial charge in [0, 0.05) is 18.1 Å². The summed E-state index contributed by atoms with van der Waals surface area (Å²) in [5.41, 5.74) is 0.317. The largest absolute Gasteiger partial charge is 0.507 e. The first-order valence-corrected chi connectivity index (χ1v) is 7.18. The maximum absolute atomic E-state index is 12.4. The van der Waals surface area contributed by atoms with Crippen molar-refractivity contribution in [1.29, 1.82) is 0 Å². The van der Waals surface area contributed by atoms with Gasteiger partial charge in [0.1, 0.15) is 5.75 Å². The standard InChI is InChI=1S/C15H22ClNO2/c1-4-11(5-2)10-17(6-3)15(19)13-8-7-12(16)9-14(13)18/h7-9,11,18H,4-6,10H2,1-3H3. The third-order valence-corrected chi connectivity index (χ3v) is 3.73. The van der Waals surface area contributed by atoms with Crippen molar-refractivity contribution in [2.45, 2.75) is 33.6 Å². The normalized spacial score (nSPS) is 10.8. The quantitative estimate of drug-likeness (QED) is 0.859. The minimum absolute atomic E-state index is 0.0551. The van der Waals surface area contributed by atoms with Gasteiger partial charge < -0.3 is 10.0 Å². The molecule has 0 aliphatic rings. The van der Waals surface area contributed by atoms with E-state index in [0.29, 0.717) is 23.0 Å². The fourth-order valence-corrected chi connectivity index (χ4v) is 2.24. The number of nitrogens with zero attached hydrogens (tertiary/aromatic N) is 1. The Balaban J connectivity index is 2.89. The Kier molecular flexibility index (Phi) is 6.16. The van der Waals surface area contributed by atoms with E-state index in [4.69, 9.17) is 11.6 Å². The number of phenols is 1. The lowest BCUT2D eigenvalue weighted by Gasteiger charge is -2.25. The summed E-state index contributed by atoms with van der Waals surface area (Å²) in [6.45, 7) is 7.58. The van der Waals surface area contributed by atoms with Gasteiger partial charge in [-0.2, -0.15) is 0 Å². The van der Waals surface area contributed by atoms with Gasteiger partial charge in [-0.1, -0.05) is 38.3 Å². The maximum atomic E-state index is 12.4. The van der Waals surface area contributed by atoms with E-state index in [2.05, 4.69) is 13.8 Å². The minimum Gasteiger partial charge on any atom is -0.507 e. The summed E-state index contributed by atoms with van der Waals surface area (Å²) in [4.78, 5) is 14.2. The summed E-state index contributed by atoms with van der Waals surface area (Å²) in [5, 5.41) is 10.3. The van der Waals surface area contributed by atoms with Crippen LogP contribution in [0.1, 0.15) is 44.0 Å². The number of carbonyl (C=O) groups excluding carboxylic acids is 1. The molecule has 1 aromatic carbocycles. The van der Waals surface area contributed by atoms with Crippen LogP contribution in [-0.4, -0.2) is 29.0 Å². The summed E-state index contributed by atoms with van der Waals surface area (Å²) in [5.74, 6) is 0.308. The second kappa shape index (κ2) is 7.39. The van der Waals surface area contributed by atoms with Gasteiger partial charge in [0.15, 0.2) is 0 Å². The van der Waals surface area contributed by atoms with Crippen LogP contribution in [0, 0.1) is 5.92 Å². The number of hydrogen-bond donors (Lipinski definition) is 1. The highest BCUT2D eigenvalue weighted by molar-refractivity contribution is 6.30. The molecule has 0 fully saturated rings. The molecule has 0 aliphatic carbocycles. The third-order valence-electron chi connectivity index (χ3n) is 3.49. The molecule has 1 rings (SSSR count). The Bertz CT molecular complexity index is 430. The van der Waals surface area contributed by atoms with Crippen molar-refractivity contribution >= 4 is 17.5 Å². The van der Waals surface area contributed by atoms with Gasteiger partial charge in [-0.25, -0.2) is 0 Å². The van der Waals surface area contributed by atoms with E-state index in [-0.39, 0.29) is 11.7 Å². The van der Waals surface area contributed by atoms with E-state index in [1.54, 1.807) is 17.0 Å². The Morgan fingerprint density at radius 1 is 1.32 bits per heavy atom. The molecule has 4 heteroatoms. The summed E-state index contributed by atoms with van der Waals surface area (Å²) < 4.78 is 0. The highest BCUT2D eigenvalue weighted by atomic mass is 35.5. The smallest absolute Gasteiger partial charge is 0.257 e. The van der Waals surface area contributed by atoms with E-state index in [0.717, 1.165) is 19.4 Å². The van der Waals surface area contributed by atoms with E-state index in [1.807, 2.05) is 6.92 Å². The molecule has 0 heterocycles. The SMILES string of the molecule is CCC(CC)CN(CC)C(=O)c1ccc(Cl)cc1O. The highest BCUT2D eigenvalue weighted by Gasteiger charge is 2.20. The van der Waals surface area contributed by atoms with Crippen molar-refractivity contribution in [3.05, 3.63) is 28.8 Å². The molecule has 3 nitrogen and oxygen atoms in total. The molecule has 0 saturated carbocycles. The van der Waals surface area contributed by atoms with E-state index >= 15 is 0 Å². The number of amides is 1. The van der Waals surface area contributed by atoms with Crippen LogP contribution in [0.25, 0.3) is 0 Å². The molecule has 0 aromatic heterocycles. The number of aromatic hydroxyl groups is 1. The Morgan fingerprint density at radius 2 is 1.95 bits per heavy atom. The summed E-state index contributed by atoms with van der Waals surface area (Å²) in [7, 11) is 0. The molecular formula is C15H22ClNO2. The number of phenolic OH excluding ortho intramolecular Hbond substituents is 1. The Labute approximate surface area is 120 Å². The second-order valence-corrected chi connectivity index (χ2v) is 5.12. The summed E-state index contributed by atoms with van der Waals surface area (Å²) in [6, 6.07) is 4.61. The average Bonchev–Trinajstić information content (AvgIpc) is 2.39. The van der Waals surface area contributed by atoms with Crippen molar-refractivity contribution in [2.75, 3.05) is 13.1 Å². The van der Waals surface area contributed by atoms with E-state index in [9.17, 15) is 9.90 Å². The van der Waals surface area contributed by atoms with Gasteiger partial charge in [-0.15, -0.1) is 0 Å². The van der Waals surface area contributed by atoms with Crippen LogP contribution >= 0.6 is 11.6 Å². The van der Waals surface area contributed by atoms with Crippen molar-refractivity contribution in [3.63, 3.8) is 0 Å². The molecule has 0 saturated heterocycles. The molecule has 0 aliphatic heterocycles. The molecule has 106 valence electrons. The van der Waals surface area contributed by atoms with Gasteiger partial charge in [0.25, 0.3) is 5.91 Å². The highest BCUT2D eigenvalue weighted by Crippen LogP contribution is 2.24. The number of carbonyl (C=O) groups is 1. The van der Waals surface area contributed by atoms with Crippen molar-refractivity contribution in [3.8, 4) is 5.75 Å². The van der Waals surface area contributed by atoms with Crippen LogP contribution in [0.5, 0.6) is 5.75 Å². The zero-order chi connectivity index (χ0) is 14.4. The second-order valence-electron chi connectivity index (χ2n) is 4.69. The number of benzene rings is 1. The average molecular weight is 284 g/mol. The first-order chi connectivity index (χ1) is 9.03. The van der Waals surface area contributed by atoms with Crippen molar-refractivity contribution in [2.24, 2.45) is 5.92 Å². The zero-order valence-electron chi connectivity index (χ0n) is 11.8. The van der Waals surface area contributed by atoms with Gasteiger partial charge in [0.2, 0.25) is 0 Å². The van der Waals surface area contributed by atoms with Gasteiger partial charge in [-0.3, -0.25) is 4.79 Å². The molecule has 1 amide bonds. The number of hydrogen-bond acceptors (Lipinski definition) is 2. The molecule has 1 N–H and O–H groups in total. The molecule has 1 aromatic rings.